The van der Waals surface area contributed by atoms with E-state index in [2.05, 4.69) is 54.4 Å². The summed E-state index contributed by atoms with van der Waals surface area (Å²) in [6.45, 7) is 2.90. The second kappa shape index (κ2) is 8.95. The molecule has 5 rings (SSSR count). The van der Waals surface area contributed by atoms with Crippen LogP contribution in [0.5, 0.6) is 17.2 Å². The second-order valence-corrected chi connectivity index (χ2v) is 8.16. The molecule has 2 aliphatic rings. The van der Waals surface area contributed by atoms with E-state index in [1.54, 1.807) is 7.11 Å². The molecule has 2 atom stereocenters. The molecule has 5 heteroatoms. The van der Waals surface area contributed by atoms with Crippen LogP contribution in [0.3, 0.4) is 0 Å². The van der Waals surface area contributed by atoms with E-state index < -0.39 is 0 Å². The highest BCUT2D eigenvalue weighted by Crippen LogP contribution is 2.48. The molecular formula is C27H28N2O3. The highest BCUT2D eigenvalue weighted by atomic mass is 16.5. The Bertz CT molecular complexity index is 1100. The van der Waals surface area contributed by atoms with Crippen molar-refractivity contribution in [3.05, 3.63) is 89.5 Å². The molecule has 0 bridgehead atoms. The maximum atomic E-state index is 6.48. The lowest BCUT2D eigenvalue weighted by atomic mass is 9.95. The minimum atomic E-state index is -0.299. The van der Waals surface area contributed by atoms with Crippen molar-refractivity contribution in [1.29, 1.82) is 0 Å². The molecule has 164 valence electrons. The average molecular weight is 429 g/mol. The quantitative estimate of drug-likeness (QED) is 0.426. The Morgan fingerprint density at radius 1 is 1.00 bits per heavy atom. The molecule has 0 fully saturated rings. The zero-order valence-electron chi connectivity index (χ0n) is 18.5. The number of fused-ring (bicyclic) bond motifs is 3. The second-order valence-electron chi connectivity index (χ2n) is 8.16. The largest absolute Gasteiger partial charge is 0.497 e. The fourth-order valence-corrected chi connectivity index (χ4v) is 4.28. The highest BCUT2D eigenvalue weighted by molar-refractivity contribution is 6.01. The molecule has 0 amide bonds. The minimum Gasteiger partial charge on any atom is -0.497 e. The molecule has 0 radical (unpaired) electrons. The standard InChI is InChI=1S/C27H28N2O3/c1-3-4-16-31-21-12-10-20(11-13-21)27-29-25(18-24(28-29)19-8-6-5-7-9-19)23-17-22(30-2)14-15-26(23)32-27/h5-15,17,25,27H,3-4,16,18H2,1-2H3/t25-,27-/m0/s1. The van der Waals surface area contributed by atoms with Crippen LogP contribution in [0.1, 0.15) is 55.1 Å². The number of hydrogen-bond donors (Lipinski definition) is 0. The fourth-order valence-electron chi connectivity index (χ4n) is 4.28. The molecule has 2 heterocycles. The summed E-state index contributed by atoms with van der Waals surface area (Å²) in [7, 11) is 1.69. The van der Waals surface area contributed by atoms with E-state index in [9.17, 15) is 0 Å². The maximum Gasteiger partial charge on any atom is 0.213 e. The van der Waals surface area contributed by atoms with Crippen molar-refractivity contribution in [3.63, 3.8) is 0 Å². The summed E-state index contributed by atoms with van der Waals surface area (Å²) in [4.78, 5) is 0. The van der Waals surface area contributed by atoms with Crippen molar-refractivity contribution >= 4 is 5.71 Å². The third-order valence-electron chi connectivity index (χ3n) is 6.04. The lowest BCUT2D eigenvalue weighted by Crippen LogP contribution is -2.33. The van der Waals surface area contributed by atoms with Crippen LogP contribution in [-0.4, -0.2) is 24.4 Å². The van der Waals surface area contributed by atoms with Gasteiger partial charge in [0, 0.05) is 17.5 Å². The van der Waals surface area contributed by atoms with Gasteiger partial charge in [0.25, 0.3) is 0 Å². The number of ether oxygens (including phenoxy) is 3. The molecule has 0 N–H and O–H groups in total. The predicted octanol–water partition coefficient (Wildman–Crippen LogP) is 6.12. The van der Waals surface area contributed by atoms with E-state index >= 15 is 0 Å². The normalized spacial score (nSPS) is 18.9. The van der Waals surface area contributed by atoms with E-state index in [0.717, 1.165) is 65.5 Å². The first-order valence-corrected chi connectivity index (χ1v) is 11.3. The Kier molecular flexibility index (Phi) is 5.71. The molecular weight excluding hydrogens is 400 g/mol. The zero-order chi connectivity index (χ0) is 21.9. The molecule has 0 aromatic heterocycles. The van der Waals surface area contributed by atoms with Crippen LogP contribution in [0.4, 0.5) is 0 Å². The summed E-state index contributed by atoms with van der Waals surface area (Å²) in [5, 5.41) is 7.12. The van der Waals surface area contributed by atoms with Gasteiger partial charge in [-0.05, 0) is 54.4 Å². The lowest BCUT2D eigenvalue weighted by molar-refractivity contribution is -0.0191. The van der Waals surface area contributed by atoms with Crippen LogP contribution in [0.15, 0.2) is 77.9 Å². The lowest BCUT2D eigenvalue weighted by Gasteiger charge is -2.38. The van der Waals surface area contributed by atoms with Crippen LogP contribution in [0.2, 0.25) is 0 Å². The molecule has 0 unspecified atom stereocenters. The van der Waals surface area contributed by atoms with Crippen molar-refractivity contribution in [2.75, 3.05) is 13.7 Å². The summed E-state index contributed by atoms with van der Waals surface area (Å²) in [5.74, 6) is 2.59. The first-order valence-electron chi connectivity index (χ1n) is 11.3. The first kappa shape index (κ1) is 20.4. The number of rotatable bonds is 7. The number of hydrogen-bond acceptors (Lipinski definition) is 5. The van der Waals surface area contributed by atoms with Crippen molar-refractivity contribution < 1.29 is 14.2 Å². The SMILES string of the molecule is CCCCOc1ccc([C@@H]2Oc3ccc(OC)cc3[C@@H]3CC(c4ccccc4)=NN32)cc1. The van der Waals surface area contributed by atoms with Crippen LogP contribution < -0.4 is 14.2 Å². The van der Waals surface area contributed by atoms with E-state index in [1.807, 2.05) is 30.3 Å². The molecule has 3 aromatic carbocycles. The van der Waals surface area contributed by atoms with Crippen molar-refractivity contribution in [1.82, 2.24) is 5.01 Å². The number of unbranched alkanes of at least 4 members (excludes halogenated alkanes) is 1. The Labute approximate surface area is 189 Å². The Hall–Kier alpha value is -3.47. The molecule has 0 saturated carbocycles. The number of methoxy groups -OCH3 is 1. The average Bonchev–Trinajstić information content (AvgIpc) is 3.30. The fraction of sp³-hybridized carbons (Fsp3) is 0.296. The van der Waals surface area contributed by atoms with Crippen LogP contribution in [0, 0.1) is 0 Å². The summed E-state index contributed by atoms with van der Waals surface area (Å²) < 4.78 is 17.8. The minimum absolute atomic E-state index is 0.0922. The van der Waals surface area contributed by atoms with E-state index in [-0.39, 0.29) is 12.3 Å². The third kappa shape index (κ3) is 3.91. The van der Waals surface area contributed by atoms with Gasteiger partial charge in [0.1, 0.15) is 17.2 Å². The number of nitrogens with zero attached hydrogens (tertiary/aromatic N) is 2. The van der Waals surface area contributed by atoms with Crippen LogP contribution >= 0.6 is 0 Å². The monoisotopic (exact) mass is 428 g/mol. The number of hydrazone groups is 1. The summed E-state index contributed by atoms with van der Waals surface area (Å²) >= 11 is 0. The molecule has 5 nitrogen and oxygen atoms in total. The van der Waals surface area contributed by atoms with Crippen molar-refractivity contribution in [2.24, 2.45) is 5.10 Å². The molecule has 32 heavy (non-hydrogen) atoms. The van der Waals surface area contributed by atoms with Gasteiger partial charge < -0.3 is 14.2 Å². The van der Waals surface area contributed by atoms with E-state index in [0.29, 0.717) is 0 Å². The number of benzene rings is 3. The van der Waals surface area contributed by atoms with Gasteiger partial charge in [0.05, 0.1) is 25.5 Å². The van der Waals surface area contributed by atoms with Gasteiger partial charge in [0.2, 0.25) is 6.23 Å². The highest BCUT2D eigenvalue weighted by Gasteiger charge is 2.41. The Morgan fingerprint density at radius 3 is 2.53 bits per heavy atom. The molecule has 0 saturated heterocycles. The molecule has 0 aliphatic carbocycles. The van der Waals surface area contributed by atoms with Crippen LogP contribution in [-0.2, 0) is 0 Å². The van der Waals surface area contributed by atoms with Crippen LogP contribution in [0.25, 0.3) is 0 Å². The Balaban J connectivity index is 1.48. The zero-order valence-corrected chi connectivity index (χ0v) is 18.5. The van der Waals surface area contributed by atoms with Gasteiger partial charge in [-0.25, -0.2) is 5.01 Å². The van der Waals surface area contributed by atoms with Crippen molar-refractivity contribution in [2.45, 2.75) is 38.5 Å². The Morgan fingerprint density at radius 2 is 1.78 bits per heavy atom. The predicted molar refractivity (Wildman–Crippen MR) is 125 cm³/mol. The van der Waals surface area contributed by atoms with Gasteiger partial charge in [0.15, 0.2) is 0 Å². The van der Waals surface area contributed by atoms with Gasteiger partial charge >= 0.3 is 0 Å². The van der Waals surface area contributed by atoms with E-state index in [4.69, 9.17) is 19.3 Å². The van der Waals surface area contributed by atoms with Gasteiger partial charge in [-0.2, -0.15) is 5.10 Å². The molecule has 0 spiro atoms. The van der Waals surface area contributed by atoms with Gasteiger partial charge in [-0.1, -0.05) is 43.7 Å². The first-order chi connectivity index (χ1) is 15.8. The summed E-state index contributed by atoms with van der Waals surface area (Å²) in [6, 6.07) is 24.7. The van der Waals surface area contributed by atoms with E-state index in [1.165, 1.54) is 0 Å². The summed E-state index contributed by atoms with van der Waals surface area (Å²) in [6.07, 6.45) is 2.70. The van der Waals surface area contributed by atoms with Gasteiger partial charge in [-0.15, -0.1) is 0 Å². The molecule has 2 aliphatic heterocycles. The van der Waals surface area contributed by atoms with Gasteiger partial charge in [-0.3, -0.25) is 0 Å². The van der Waals surface area contributed by atoms with Crippen molar-refractivity contribution in [3.8, 4) is 17.2 Å². The molecule has 3 aromatic rings. The smallest absolute Gasteiger partial charge is 0.213 e. The maximum absolute atomic E-state index is 6.48. The topological polar surface area (TPSA) is 43.3 Å². The summed E-state index contributed by atoms with van der Waals surface area (Å²) in [5.41, 5.74) is 4.37. The third-order valence-corrected chi connectivity index (χ3v) is 6.04.